The number of hydrogen-bond acceptors (Lipinski definition) is 5. The van der Waals surface area contributed by atoms with Crippen LogP contribution in [0.5, 0.6) is 0 Å². The smallest absolute Gasteiger partial charge is 0.307 e. The molecule has 0 bridgehead atoms. The van der Waals surface area contributed by atoms with Gasteiger partial charge in [-0.3, -0.25) is 9.59 Å². The van der Waals surface area contributed by atoms with Crippen LogP contribution in [0.1, 0.15) is 32.3 Å². The normalized spacial score (nSPS) is 10.7. The lowest BCUT2D eigenvalue weighted by Gasteiger charge is -2.25. The van der Waals surface area contributed by atoms with Crippen molar-refractivity contribution in [3.63, 3.8) is 0 Å². The van der Waals surface area contributed by atoms with Crippen LogP contribution in [-0.2, 0) is 24.5 Å². The maximum atomic E-state index is 11.9. The Morgan fingerprint density at radius 2 is 1.61 bits per heavy atom. The van der Waals surface area contributed by atoms with Crippen LogP contribution >= 0.6 is 23.2 Å². The monoisotopic (exact) mass is 357 g/mol. The molecular weight excluding hydrogens is 341 g/mol. The molecule has 0 N–H and O–H groups in total. The van der Waals surface area contributed by atoms with Gasteiger partial charge in [-0.25, -0.2) is 0 Å². The van der Waals surface area contributed by atoms with E-state index in [1.54, 1.807) is 19.9 Å². The van der Waals surface area contributed by atoms with Gasteiger partial charge >= 0.3 is 11.9 Å². The molecule has 0 amide bonds. The summed E-state index contributed by atoms with van der Waals surface area (Å²) in [6, 6.07) is 6.61. The first-order valence-electron chi connectivity index (χ1n) is 7.06. The maximum Gasteiger partial charge on any atom is 0.307 e. The average molecular weight is 358 g/mol. The van der Waals surface area contributed by atoms with Gasteiger partial charge in [0.05, 0.1) is 42.2 Å². The fourth-order valence-corrected chi connectivity index (χ4v) is 2.42. The molecule has 0 unspecified atom stereocenters. The molecule has 23 heavy (non-hydrogen) atoms. The van der Waals surface area contributed by atoms with Crippen LogP contribution in [0.3, 0.4) is 0 Å². The largest absolute Gasteiger partial charge is 0.466 e. The topological polar surface area (TPSA) is 76.4 Å². The second kappa shape index (κ2) is 8.76. The molecule has 0 saturated carbocycles. The van der Waals surface area contributed by atoms with Crippen LogP contribution < -0.4 is 0 Å². The van der Waals surface area contributed by atoms with E-state index in [1.807, 2.05) is 0 Å². The van der Waals surface area contributed by atoms with Gasteiger partial charge in [-0.15, -0.1) is 0 Å². The molecule has 0 atom stereocenters. The van der Waals surface area contributed by atoms with E-state index in [1.165, 1.54) is 12.1 Å². The van der Waals surface area contributed by atoms with Gasteiger partial charge in [-0.05, 0) is 31.5 Å². The molecule has 5 nitrogen and oxygen atoms in total. The predicted molar refractivity (Wildman–Crippen MR) is 86.3 cm³/mol. The Balaban J connectivity index is 3.26. The van der Waals surface area contributed by atoms with E-state index in [0.717, 1.165) is 0 Å². The standard InChI is InChI=1S/C16H17Cl2NO4/c1-3-22-14(20)8-16(10-19,9-15(21)23-4-2)11-5-6-12(17)13(18)7-11/h5-7H,3-4,8-9H2,1-2H3. The van der Waals surface area contributed by atoms with Crippen molar-refractivity contribution in [3.05, 3.63) is 33.8 Å². The zero-order valence-electron chi connectivity index (χ0n) is 12.9. The van der Waals surface area contributed by atoms with E-state index >= 15 is 0 Å². The summed E-state index contributed by atoms with van der Waals surface area (Å²) >= 11 is 11.9. The van der Waals surface area contributed by atoms with E-state index < -0.39 is 17.4 Å². The van der Waals surface area contributed by atoms with E-state index in [2.05, 4.69) is 6.07 Å². The number of carbonyl (C=O) groups is 2. The molecular formula is C16H17Cl2NO4. The first kappa shape index (κ1) is 19.3. The molecule has 0 fully saturated rings. The van der Waals surface area contributed by atoms with Crippen molar-refractivity contribution in [3.8, 4) is 6.07 Å². The summed E-state index contributed by atoms with van der Waals surface area (Å²) in [6.45, 7) is 3.69. The summed E-state index contributed by atoms with van der Waals surface area (Å²) in [5.74, 6) is -1.16. The van der Waals surface area contributed by atoms with E-state index in [-0.39, 0.29) is 31.1 Å². The summed E-state index contributed by atoms with van der Waals surface area (Å²) in [5, 5.41) is 10.2. The van der Waals surface area contributed by atoms with Crippen molar-refractivity contribution >= 4 is 35.1 Å². The molecule has 0 saturated heterocycles. The minimum Gasteiger partial charge on any atom is -0.466 e. The van der Waals surface area contributed by atoms with Crippen LogP contribution in [-0.4, -0.2) is 25.2 Å². The highest BCUT2D eigenvalue weighted by Crippen LogP contribution is 2.35. The van der Waals surface area contributed by atoms with Gasteiger partial charge in [0.15, 0.2) is 0 Å². The Morgan fingerprint density at radius 1 is 1.09 bits per heavy atom. The molecule has 1 aromatic carbocycles. The second-order valence-corrected chi connectivity index (χ2v) is 5.60. The predicted octanol–water partition coefficient (Wildman–Crippen LogP) is 3.66. The Morgan fingerprint density at radius 3 is 2.00 bits per heavy atom. The lowest BCUT2D eigenvalue weighted by molar-refractivity contribution is -0.146. The van der Waals surface area contributed by atoms with E-state index in [0.29, 0.717) is 10.6 Å². The Bertz CT molecular complexity index is 605. The molecule has 0 aromatic heterocycles. The first-order chi connectivity index (χ1) is 10.9. The summed E-state index contributed by atoms with van der Waals surface area (Å²) in [6.07, 6.45) is -0.567. The lowest BCUT2D eigenvalue weighted by Crippen LogP contribution is -2.32. The highest BCUT2D eigenvalue weighted by Gasteiger charge is 2.39. The number of carbonyl (C=O) groups excluding carboxylic acids is 2. The van der Waals surface area contributed by atoms with Crippen molar-refractivity contribution in [2.24, 2.45) is 0 Å². The third-order valence-electron chi connectivity index (χ3n) is 3.19. The summed E-state index contributed by atoms with van der Waals surface area (Å²) < 4.78 is 9.83. The quantitative estimate of drug-likeness (QED) is 0.695. The molecule has 0 radical (unpaired) electrons. The second-order valence-electron chi connectivity index (χ2n) is 4.79. The summed E-state index contributed by atoms with van der Waals surface area (Å²) in [5.41, 5.74) is -1.01. The van der Waals surface area contributed by atoms with Crippen LogP contribution in [0.15, 0.2) is 18.2 Å². The molecule has 1 rings (SSSR count). The number of ether oxygens (including phenoxy) is 2. The van der Waals surface area contributed by atoms with Gasteiger partial charge < -0.3 is 9.47 Å². The van der Waals surface area contributed by atoms with Crippen LogP contribution in [0.4, 0.5) is 0 Å². The number of halogens is 2. The summed E-state index contributed by atoms with van der Waals surface area (Å²) in [4.78, 5) is 23.8. The van der Waals surface area contributed by atoms with E-state index in [9.17, 15) is 14.9 Å². The molecule has 7 heteroatoms. The van der Waals surface area contributed by atoms with Gasteiger partial charge in [0.1, 0.15) is 5.41 Å². The first-order valence-corrected chi connectivity index (χ1v) is 7.82. The van der Waals surface area contributed by atoms with E-state index in [4.69, 9.17) is 32.7 Å². The number of esters is 2. The van der Waals surface area contributed by atoms with Crippen molar-refractivity contribution in [1.82, 2.24) is 0 Å². The molecule has 0 aliphatic rings. The molecule has 124 valence electrons. The fraction of sp³-hybridized carbons (Fsp3) is 0.438. The van der Waals surface area contributed by atoms with Crippen molar-refractivity contribution in [2.45, 2.75) is 32.1 Å². The maximum absolute atomic E-state index is 11.9. The summed E-state index contributed by atoms with van der Waals surface area (Å²) in [7, 11) is 0. The number of nitrogens with zero attached hydrogens (tertiary/aromatic N) is 1. The molecule has 1 aromatic rings. The third kappa shape index (κ3) is 5.12. The zero-order chi connectivity index (χ0) is 17.5. The van der Waals surface area contributed by atoms with Crippen LogP contribution in [0.25, 0.3) is 0 Å². The number of benzene rings is 1. The van der Waals surface area contributed by atoms with Crippen LogP contribution in [0, 0.1) is 11.3 Å². The minimum atomic E-state index is -1.42. The van der Waals surface area contributed by atoms with Gasteiger partial charge in [0.25, 0.3) is 0 Å². The Labute approximate surface area is 145 Å². The molecule has 0 heterocycles. The van der Waals surface area contributed by atoms with Crippen molar-refractivity contribution in [1.29, 1.82) is 5.26 Å². The van der Waals surface area contributed by atoms with Crippen LogP contribution in [0.2, 0.25) is 10.0 Å². The molecule has 0 aliphatic carbocycles. The highest BCUT2D eigenvalue weighted by molar-refractivity contribution is 6.42. The number of rotatable bonds is 7. The fourth-order valence-electron chi connectivity index (χ4n) is 2.12. The lowest BCUT2D eigenvalue weighted by atomic mass is 9.76. The van der Waals surface area contributed by atoms with Gasteiger partial charge in [-0.2, -0.15) is 5.26 Å². The zero-order valence-corrected chi connectivity index (χ0v) is 14.4. The average Bonchev–Trinajstić information content (AvgIpc) is 2.49. The SMILES string of the molecule is CCOC(=O)CC(C#N)(CC(=O)OCC)c1ccc(Cl)c(Cl)c1. The van der Waals surface area contributed by atoms with Gasteiger partial charge in [0.2, 0.25) is 0 Å². The Kier molecular flexibility index (Phi) is 7.34. The van der Waals surface area contributed by atoms with Gasteiger partial charge in [-0.1, -0.05) is 29.3 Å². The molecule has 0 aliphatic heterocycles. The Hall–Kier alpha value is -1.77. The van der Waals surface area contributed by atoms with Gasteiger partial charge in [0, 0.05) is 0 Å². The highest BCUT2D eigenvalue weighted by atomic mass is 35.5. The minimum absolute atomic E-state index is 0.182. The number of nitriles is 1. The third-order valence-corrected chi connectivity index (χ3v) is 3.93. The number of hydrogen-bond donors (Lipinski definition) is 0. The van der Waals surface area contributed by atoms with Crippen molar-refractivity contribution < 1.29 is 19.1 Å². The van der Waals surface area contributed by atoms with Crippen molar-refractivity contribution in [2.75, 3.05) is 13.2 Å². The molecule has 0 spiro atoms.